The Morgan fingerprint density at radius 3 is 1.91 bits per heavy atom. The molecule has 0 aromatic carbocycles. The van der Waals surface area contributed by atoms with Gasteiger partial charge in [0.15, 0.2) is 0 Å². The summed E-state index contributed by atoms with van der Waals surface area (Å²) in [6.07, 6.45) is 6.00. The summed E-state index contributed by atoms with van der Waals surface area (Å²) in [4.78, 5) is 194. The second-order valence-corrected chi connectivity index (χ2v) is 34.0. The Morgan fingerprint density at radius 2 is 1.31 bits per heavy atom. The lowest BCUT2D eigenvalue weighted by atomic mass is 9.58. The second kappa shape index (κ2) is 37.7. The molecule has 0 radical (unpaired) electrons. The van der Waals surface area contributed by atoms with Crippen molar-refractivity contribution in [3.63, 3.8) is 0 Å². The molecule has 0 aromatic rings. The Balaban J connectivity index is 1.32. The molecule has 598 valence electrons. The van der Waals surface area contributed by atoms with Crippen LogP contribution in [0.25, 0.3) is 0 Å². The van der Waals surface area contributed by atoms with E-state index >= 15 is 33.6 Å². The number of halogens is 4. The maximum atomic E-state index is 15.7. The van der Waals surface area contributed by atoms with Crippen molar-refractivity contribution in [2.45, 2.75) is 274 Å². The van der Waals surface area contributed by atoms with Gasteiger partial charge in [-0.3, -0.25) is 57.5 Å². The highest BCUT2D eigenvalue weighted by Gasteiger charge is 2.59. The van der Waals surface area contributed by atoms with E-state index in [1.54, 1.807) is 13.0 Å². The normalized spacial score (nSPS) is 31.8. The molecule has 4 aliphatic carbocycles. The predicted molar refractivity (Wildman–Crippen MR) is 394 cm³/mol. The summed E-state index contributed by atoms with van der Waals surface area (Å²) in [5.74, 6) is -10.1. The maximum absolute atomic E-state index is 15.7. The van der Waals surface area contributed by atoms with Gasteiger partial charge in [0, 0.05) is 87.9 Å². The highest BCUT2D eigenvalue weighted by molar-refractivity contribution is 6.21. The number of hydrogen-bond acceptors (Lipinski definition) is 13. The van der Waals surface area contributed by atoms with E-state index in [2.05, 4.69) is 22.9 Å². The number of alkyl halides is 4. The van der Waals surface area contributed by atoms with Crippen molar-refractivity contribution in [2.24, 2.45) is 40.9 Å². The van der Waals surface area contributed by atoms with Crippen LogP contribution in [-0.4, -0.2) is 276 Å². The van der Waals surface area contributed by atoms with Gasteiger partial charge in [0.05, 0.1) is 31.5 Å². The van der Waals surface area contributed by atoms with Crippen LogP contribution < -0.4 is 16.0 Å². The molecule has 7 aliphatic rings. The molecule has 3 unspecified atom stereocenters. The lowest BCUT2D eigenvalue weighted by Crippen LogP contribution is -2.71. The van der Waals surface area contributed by atoms with Crippen LogP contribution in [0.2, 0.25) is 0 Å². The number of carbonyl (C=O) groups is 12. The standard InChI is InChI=1S/C77H124ClF3N12O13/c1-16-24-56-66(97)83-65(51-25-20-18-21-26-51)73(104)87(11)44-64(96)89(13)57-27-22-19-23-36-92(72(57)103)61(39-50-30-28-48(5)29-31-50)70(101)86(10)43-62(94)82-55(35-33-49-32-34-53(54(78)38-49)77(79,80)81)68(99)93-42-52(106-17-2)40-58(93)67(98)84-76(45-75(6,7)46-76)74(105)91(15)59(37-47(3)4)71(102)90(14)60(69(100)85(8)9)41-63(95)88(56)12/h19,22,47-61,65H,16-18,20-21,23-46H2,1-15H3,(H,82,94)(H,83,97)(H,84,98)/b22-19-/t48?,49?,50?,52-,53?,54?,55+,56+,57+,58+,59+,60+,61+,65+/m1/s1. The van der Waals surface area contributed by atoms with Gasteiger partial charge in [-0.25, -0.2) is 0 Å². The minimum absolute atomic E-state index is 0.00377. The minimum Gasteiger partial charge on any atom is -0.377 e. The summed E-state index contributed by atoms with van der Waals surface area (Å²) in [6, 6.07) is -10.1. The van der Waals surface area contributed by atoms with Crippen molar-refractivity contribution in [1.82, 2.24) is 60.0 Å². The Morgan fingerprint density at radius 1 is 0.670 bits per heavy atom. The van der Waals surface area contributed by atoms with E-state index in [-0.39, 0.29) is 114 Å². The molecule has 29 heteroatoms. The first-order valence-electron chi connectivity index (χ1n) is 39.0. The SMILES string of the molecule is CCC[C@H]1C(=O)N[C@@H](C2CCCCC2)C(=O)N(C)CC(=O)N(C)[C@H]2C/C=C\CCN(C2=O)[C@@H](CC2CCC(C)CC2)C(=O)N(C)CC(=O)N[C@@H](CCC2CCC(C(F)(F)F)C(Cl)C2)C(=O)N2C[C@H](OCC)C[C@H]2C(=O)NC2(CC(C)(C)C2)C(=O)N(C)[C@@H](CC(C)C)C(=O)N(C)[C@H](C(=O)N(C)C)CC(=O)N1C. The predicted octanol–water partition coefficient (Wildman–Crippen LogP) is 6.91. The van der Waals surface area contributed by atoms with Crippen molar-refractivity contribution in [2.75, 3.05) is 89.2 Å². The van der Waals surface area contributed by atoms with Crippen LogP contribution in [0.15, 0.2) is 12.2 Å². The summed E-state index contributed by atoms with van der Waals surface area (Å²) < 4.78 is 48.6. The van der Waals surface area contributed by atoms with Crippen LogP contribution in [0.1, 0.15) is 203 Å². The molecule has 25 nitrogen and oxygen atoms in total. The van der Waals surface area contributed by atoms with E-state index in [4.69, 9.17) is 16.3 Å². The van der Waals surface area contributed by atoms with Gasteiger partial charge in [-0.05, 0) is 132 Å². The average Bonchev–Trinajstić information content (AvgIpc) is 0.889. The molecule has 6 fully saturated rings. The van der Waals surface area contributed by atoms with Crippen molar-refractivity contribution in [1.29, 1.82) is 0 Å². The van der Waals surface area contributed by atoms with E-state index in [0.29, 0.717) is 31.6 Å². The van der Waals surface area contributed by atoms with Gasteiger partial charge < -0.3 is 64.8 Å². The highest BCUT2D eigenvalue weighted by atomic mass is 35.5. The molecular weight excluding hydrogens is 1390 g/mol. The van der Waals surface area contributed by atoms with E-state index in [1.165, 1.54) is 95.6 Å². The largest absolute Gasteiger partial charge is 0.393 e. The number of nitrogens with zero attached hydrogens (tertiary/aromatic N) is 9. The van der Waals surface area contributed by atoms with Crippen molar-refractivity contribution in [3.8, 4) is 0 Å². The molecule has 12 atom stereocenters. The number of ether oxygens (including phenoxy) is 1. The number of fused-ring (bicyclic) bond motifs is 3. The zero-order valence-electron chi connectivity index (χ0n) is 65.7. The van der Waals surface area contributed by atoms with Crippen LogP contribution >= 0.6 is 11.6 Å². The molecule has 106 heavy (non-hydrogen) atoms. The van der Waals surface area contributed by atoms with Crippen molar-refractivity contribution in [3.05, 3.63) is 12.2 Å². The molecule has 1 spiro atoms. The Kier molecular flexibility index (Phi) is 30.8. The smallest absolute Gasteiger partial charge is 0.377 e. The van der Waals surface area contributed by atoms with E-state index in [9.17, 15) is 37.1 Å². The molecule has 7 rings (SSSR count). The number of nitrogens with one attached hydrogen (secondary N) is 3. The Labute approximate surface area is 631 Å². The topological polar surface area (TPSA) is 279 Å². The monoisotopic (exact) mass is 1520 g/mol. The molecule has 0 aromatic heterocycles. The fourth-order valence-electron chi connectivity index (χ4n) is 17.7. The first-order chi connectivity index (χ1) is 49.7. The third-order valence-corrected chi connectivity index (χ3v) is 24.3. The zero-order chi connectivity index (χ0) is 78.6. The summed E-state index contributed by atoms with van der Waals surface area (Å²) in [6.45, 7) is 12.3. The summed E-state index contributed by atoms with van der Waals surface area (Å²) in [5.41, 5.74) is -2.19. The molecular formula is C77H124ClF3N12O13. The van der Waals surface area contributed by atoms with Crippen LogP contribution in [0.5, 0.6) is 0 Å². The number of hydrogen-bond donors (Lipinski definition) is 3. The lowest BCUT2D eigenvalue weighted by molar-refractivity contribution is -0.182. The quantitative estimate of drug-likeness (QED) is 0.125. The minimum atomic E-state index is -4.53. The number of likely N-dealkylation sites (N-methyl/N-ethyl adjacent to an activating group) is 7. The highest BCUT2D eigenvalue weighted by Crippen LogP contribution is 2.50. The zero-order valence-corrected chi connectivity index (χ0v) is 66.5. The molecule has 3 aliphatic heterocycles. The molecule has 12 amide bonds. The molecule has 2 bridgehead atoms. The summed E-state index contributed by atoms with van der Waals surface area (Å²) >= 11 is 6.47. The van der Waals surface area contributed by atoms with Crippen LogP contribution in [-0.2, 0) is 62.3 Å². The first kappa shape index (κ1) is 86.7. The van der Waals surface area contributed by atoms with Gasteiger partial charge in [0.1, 0.15) is 53.9 Å². The summed E-state index contributed by atoms with van der Waals surface area (Å²) in [5, 5.41) is 7.69. The van der Waals surface area contributed by atoms with Crippen LogP contribution in [0.4, 0.5) is 13.2 Å². The Hall–Kier alpha value is -6.58. The van der Waals surface area contributed by atoms with E-state index in [0.717, 1.165) is 49.8 Å². The third kappa shape index (κ3) is 21.7. The first-order valence-corrected chi connectivity index (χ1v) is 39.4. The molecule has 4 saturated carbocycles. The number of amides is 12. The molecule has 3 N–H and O–H groups in total. The van der Waals surface area contributed by atoms with E-state index < -0.39 is 179 Å². The van der Waals surface area contributed by atoms with Gasteiger partial charge in [-0.2, -0.15) is 13.2 Å². The summed E-state index contributed by atoms with van der Waals surface area (Å²) in [7, 11) is 11.5. The fourth-order valence-corrected chi connectivity index (χ4v) is 18.3. The Bertz CT molecular complexity index is 3150. The molecule has 3 heterocycles. The third-order valence-electron chi connectivity index (χ3n) is 23.8. The van der Waals surface area contributed by atoms with Gasteiger partial charge >= 0.3 is 6.18 Å². The van der Waals surface area contributed by atoms with Crippen molar-refractivity contribution < 1.29 is 75.4 Å². The van der Waals surface area contributed by atoms with Gasteiger partial charge in [0.2, 0.25) is 70.9 Å². The number of rotatable bonds is 13. The average molecular weight is 1520 g/mol. The maximum Gasteiger partial charge on any atom is 0.393 e. The van der Waals surface area contributed by atoms with Gasteiger partial charge in [-0.15, -0.1) is 11.6 Å². The second-order valence-electron chi connectivity index (χ2n) is 33.4. The fraction of sp³-hybridized carbons (Fsp3) is 0.818. The van der Waals surface area contributed by atoms with Gasteiger partial charge in [0.25, 0.3) is 0 Å². The van der Waals surface area contributed by atoms with Crippen LogP contribution in [0.3, 0.4) is 0 Å². The van der Waals surface area contributed by atoms with Gasteiger partial charge in [-0.1, -0.05) is 105 Å². The van der Waals surface area contributed by atoms with Crippen molar-refractivity contribution >= 4 is 82.5 Å². The van der Waals surface area contributed by atoms with E-state index in [1.807, 2.05) is 40.7 Å². The number of carbonyl (C=O) groups excluding carboxylic acids is 12. The van der Waals surface area contributed by atoms with Crippen LogP contribution in [0, 0.1) is 40.9 Å². The lowest BCUT2D eigenvalue weighted by Gasteiger charge is -2.54. The molecule has 2 saturated heterocycles.